The molecule has 0 nitrogen and oxygen atoms in total. The number of rotatable bonds is 0. The van der Waals surface area contributed by atoms with Crippen LogP contribution in [0.3, 0.4) is 0 Å². The van der Waals surface area contributed by atoms with Gasteiger partial charge in [0, 0.05) is 0 Å². The Labute approximate surface area is 47.6 Å². The second-order valence-corrected chi connectivity index (χ2v) is 38.0. The van der Waals surface area contributed by atoms with Gasteiger partial charge in [-0.2, -0.15) is 0 Å². The average molecular weight is 401 g/mol. The van der Waals surface area contributed by atoms with E-state index in [1.54, 1.807) is 0 Å². The maximum absolute atomic E-state index is 11.2. The molecule has 0 aliphatic carbocycles. The molecule has 0 saturated carbocycles. The van der Waals surface area contributed by atoms with Crippen LogP contribution in [0.1, 0.15) is 0 Å². The van der Waals surface area contributed by atoms with Crippen molar-refractivity contribution in [2.45, 2.75) is 0 Å². The molecule has 0 aromatic carbocycles. The maximum atomic E-state index is 11.2. The molecule has 0 N–H and O–H groups in total. The SMILES string of the molecule is [F][U]([F])([F])([Cl])([Cl])[Cl]. The third-order valence-corrected chi connectivity index (χ3v) is 0. The van der Waals surface area contributed by atoms with Gasteiger partial charge in [-0.3, -0.25) is 0 Å². The van der Waals surface area contributed by atoms with Gasteiger partial charge in [0.25, 0.3) is 0 Å². The van der Waals surface area contributed by atoms with Gasteiger partial charge in [0.2, 0.25) is 0 Å². The van der Waals surface area contributed by atoms with Crippen molar-refractivity contribution in [1.82, 2.24) is 0 Å². The monoisotopic (exact) mass is 400 g/mol. The van der Waals surface area contributed by atoms with Crippen molar-refractivity contribution in [2.24, 2.45) is 0 Å². The van der Waals surface area contributed by atoms with E-state index < -0.39 is 19.0 Å². The standard InChI is InChI=1S/3ClH.3FH.U/h6*1H;/q;;;;;;+6/p-6. The summed E-state index contributed by atoms with van der Waals surface area (Å²) in [6.45, 7) is 0. The van der Waals surface area contributed by atoms with Crippen molar-refractivity contribution in [2.75, 3.05) is 0 Å². The topological polar surface area (TPSA) is 0 Å². The van der Waals surface area contributed by atoms with Crippen LogP contribution >= 0.6 is 22.9 Å². The Morgan fingerprint density at radius 1 is 0.857 bits per heavy atom. The molecule has 0 radical (unpaired) electrons. The molecule has 0 aliphatic heterocycles. The van der Waals surface area contributed by atoms with E-state index in [-0.39, 0.29) is 0 Å². The minimum atomic E-state index is -8.53. The van der Waals surface area contributed by atoms with E-state index in [1.165, 1.54) is 0 Å². The van der Waals surface area contributed by atoms with Crippen LogP contribution in [0, 0.1) is 19.0 Å². The predicted molar refractivity (Wildman–Crippen MR) is 20.9 cm³/mol. The first-order chi connectivity index (χ1) is 2.45. The van der Waals surface area contributed by atoms with E-state index in [2.05, 4.69) is 22.9 Å². The summed E-state index contributed by atoms with van der Waals surface area (Å²) in [6.07, 6.45) is 0. The Hall–Kier alpha value is 1.71. The Kier molecular flexibility index (Phi) is 1.55. The summed E-state index contributed by atoms with van der Waals surface area (Å²) >= 11 is -8.53. The van der Waals surface area contributed by atoms with E-state index in [4.69, 9.17) is 0 Å². The summed E-state index contributed by atoms with van der Waals surface area (Å²) < 4.78 is 33.7. The molecular weight excluding hydrogens is 401 g/mol. The first kappa shape index (κ1) is 8.71. The van der Waals surface area contributed by atoms with Crippen molar-refractivity contribution in [3.8, 4) is 0 Å². The first-order valence-electron chi connectivity index (χ1n) is 1.13. The summed E-state index contributed by atoms with van der Waals surface area (Å²) in [6, 6.07) is 0. The van der Waals surface area contributed by atoms with E-state index in [0.29, 0.717) is 0 Å². The van der Waals surface area contributed by atoms with Crippen LogP contribution in [0.25, 0.3) is 0 Å². The molecule has 0 aromatic rings. The predicted octanol–water partition coefficient (Wildman–Crippen LogP) is 3.33. The van der Waals surface area contributed by atoms with Gasteiger partial charge in [0.15, 0.2) is 0 Å². The summed E-state index contributed by atoms with van der Waals surface area (Å²) in [5, 5.41) is 0. The van der Waals surface area contributed by atoms with Crippen LogP contribution in [-0.4, -0.2) is 0 Å². The van der Waals surface area contributed by atoms with Crippen molar-refractivity contribution in [3.05, 3.63) is 0 Å². The zero-order valence-corrected chi connectivity index (χ0v) is 9.20. The van der Waals surface area contributed by atoms with Gasteiger partial charge in [0.05, 0.1) is 0 Å². The van der Waals surface area contributed by atoms with Gasteiger partial charge in [-0.1, -0.05) is 0 Å². The number of halogens is 6. The van der Waals surface area contributed by atoms with Crippen molar-refractivity contribution < 1.29 is 25.3 Å². The molecule has 7 heavy (non-hydrogen) atoms. The fourth-order valence-electron chi connectivity index (χ4n) is 0. The summed E-state index contributed by atoms with van der Waals surface area (Å²) in [7, 11) is 11.4. The van der Waals surface area contributed by atoms with Crippen LogP contribution in [0.2, 0.25) is 0 Å². The molecule has 0 rings (SSSR count). The van der Waals surface area contributed by atoms with E-state index in [1.807, 2.05) is 0 Å². The summed E-state index contributed by atoms with van der Waals surface area (Å²) in [5.41, 5.74) is 0. The molecule has 0 bridgehead atoms. The molecule has 0 amide bonds. The molecule has 0 aromatic heterocycles. The van der Waals surface area contributed by atoms with Gasteiger partial charge >= 0.3 is 48.2 Å². The second kappa shape index (κ2) is 1.24. The normalized spacial score (nSPS) is 23.1. The molecule has 0 aliphatic rings. The summed E-state index contributed by atoms with van der Waals surface area (Å²) in [5.74, 6) is 0. The van der Waals surface area contributed by atoms with Gasteiger partial charge in [-0.05, 0) is 0 Å². The molecule has 0 atom stereocenters. The van der Waals surface area contributed by atoms with Gasteiger partial charge < -0.3 is 0 Å². The summed E-state index contributed by atoms with van der Waals surface area (Å²) in [4.78, 5) is 0. The van der Waals surface area contributed by atoms with E-state index in [0.717, 1.165) is 0 Å². The third kappa shape index (κ3) is 85.9. The Bertz CT molecular complexity index is 68.7. The van der Waals surface area contributed by atoms with Gasteiger partial charge in [0.1, 0.15) is 0 Å². The molecule has 7 heteroatoms. The van der Waals surface area contributed by atoms with Crippen molar-refractivity contribution >= 4 is 22.9 Å². The molecular formula is Cl3F3U. The Morgan fingerprint density at radius 3 is 0.857 bits per heavy atom. The van der Waals surface area contributed by atoms with Gasteiger partial charge in [-0.15, -0.1) is 0 Å². The molecule has 0 saturated heterocycles. The molecule has 0 heterocycles. The molecule has 0 spiro atoms. The fourth-order valence-corrected chi connectivity index (χ4v) is 0. The van der Waals surface area contributed by atoms with Crippen LogP contribution < -0.4 is 0 Å². The van der Waals surface area contributed by atoms with E-state index in [9.17, 15) is 6.30 Å². The van der Waals surface area contributed by atoms with Crippen LogP contribution in [0.4, 0.5) is 6.30 Å². The van der Waals surface area contributed by atoms with Crippen LogP contribution in [0.5, 0.6) is 0 Å². The van der Waals surface area contributed by atoms with Crippen molar-refractivity contribution in [3.63, 3.8) is 0 Å². The van der Waals surface area contributed by atoms with Crippen LogP contribution in [-0.2, 0) is 0 Å². The average Bonchev–Trinajstić information content (AvgIpc) is 0.592. The van der Waals surface area contributed by atoms with Crippen LogP contribution in [0.15, 0.2) is 0 Å². The second-order valence-electron chi connectivity index (χ2n) is 1.07. The molecule has 0 unspecified atom stereocenters. The third-order valence-electron chi connectivity index (χ3n) is 0. The zero-order chi connectivity index (χ0) is 6.41. The van der Waals surface area contributed by atoms with E-state index >= 15 is 0 Å². The Morgan fingerprint density at radius 2 is 0.857 bits per heavy atom. The minimum absolute atomic E-state index is 3.79. The van der Waals surface area contributed by atoms with Crippen molar-refractivity contribution in [1.29, 1.82) is 0 Å². The number of hydrogen-bond donors (Lipinski definition) is 0. The zero-order valence-electron chi connectivity index (χ0n) is 2.77. The quantitative estimate of drug-likeness (QED) is 0.584. The van der Waals surface area contributed by atoms with Gasteiger partial charge in [-0.25, -0.2) is 0 Å². The molecule has 46 valence electrons. The first-order valence-corrected chi connectivity index (χ1v) is 21.2. The molecule has 0 fully saturated rings. The number of hydrogen-bond acceptors (Lipinski definition) is 0. The Balaban J connectivity index is 4.43. The fraction of sp³-hybridized carbons (Fsp3) is 0.